The number of sulfonamides is 1. The van der Waals surface area contributed by atoms with Crippen molar-refractivity contribution in [3.63, 3.8) is 0 Å². The van der Waals surface area contributed by atoms with E-state index >= 15 is 0 Å². The number of nitrogens with two attached hydrogens (primary N) is 1. The lowest BCUT2D eigenvalue weighted by Gasteiger charge is -2.29. The fraction of sp³-hybridized carbons (Fsp3) is 0.400. The summed E-state index contributed by atoms with van der Waals surface area (Å²) in [5, 5.41) is 0.780. The number of fused-ring (bicyclic) bond motifs is 1. The molecule has 1 fully saturated rings. The average Bonchev–Trinajstić information content (AvgIpc) is 2.41. The summed E-state index contributed by atoms with van der Waals surface area (Å²) in [6.45, 7) is 0.598. The van der Waals surface area contributed by atoms with Crippen LogP contribution in [0.1, 0.15) is 19.3 Å². The third-order valence-electron chi connectivity index (χ3n) is 4.13. The van der Waals surface area contributed by atoms with Gasteiger partial charge in [0.05, 0.1) is 10.4 Å². The average molecular weight is 305 g/mol. The van der Waals surface area contributed by atoms with Crippen molar-refractivity contribution in [1.82, 2.24) is 9.29 Å². The number of hydrogen-bond donors (Lipinski definition) is 1. The summed E-state index contributed by atoms with van der Waals surface area (Å²) >= 11 is 0. The molecule has 1 aromatic carbocycles. The molecule has 3 rings (SSSR count). The second kappa shape index (κ2) is 5.27. The van der Waals surface area contributed by atoms with E-state index in [0.717, 1.165) is 18.2 Å². The van der Waals surface area contributed by atoms with Crippen LogP contribution >= 0.6 is 0 Å². The van der Waals surface area contributed by atoms with Gasteiger partial charge >= 0.3 is 0 Å². The maximum absolute atomic E-state index is 12.6. The second-order valence-corrected chi connectivity index (χ2v) is 7.72. The smallest absolute Gasteiger partial charge is 0.242 e. The molecule has 1 heterocycles. The minimum atomic E-state index is -3.44. The maximum Gasteiger partial charge on any atom is 0.242 e. The Hall–Kier alpha value is -1.66. The second-order valence-electron chi connectivity index (χ2n) is 5.67. The van der Waals surface area contributed by atoms with Gasteiger partial charge in [-0.25, -0.2) is 17.7 Å². The van der Waals surface area contributed by atoms with Crippen LogP contribution in [0, 0.1) is 5.92 Å². The highest BCUT2D eigenvalue weighted by atomic mass is 32.2. The number of nitrogen functional groups attached to an aromatic ring is 1. The Balaban J connectivity index is 1.92. The molecular formula is C15H19N3O2S. The third-order valence-corrected chi connectivity index (χ3v) is 5.95. The van der Waals surface area contributed by atoms with Crippen LogP contribution in [0.4, 0.5) is 5.82 Å². The lowest BCUT2D eigenvalue weighted by Crippen LogP contribution is -2.34. The van der Waals surface area contributed by atoms with Gasteiger partial charge in [0.15, 0.2) is 0 Å². The van der Waals surface area contributed by atoms with Crippen molar-refractivity contribution in [2.24, 2.45) is 5.92 Å². The molecule has 0 amide bonds. The number of hydrogen-bond acceptors (Lipinski definition) is 4. The molecule has 1 saturated carbocycles. The fourth-order valence-corrected chi connectivity index (χ4v) is 3.88. The Kier molecular flexibility index (Phi) is 3.59. The molecule has 5 nitrogen and oxygen atoms in total. The molecule has 0 unspecified atom stereocenters. The van der Waals surface area contributed by atoms with Gasteiger partial charge in [-0.2, -0.15) is 0 Å². The number of rotatable bonds is 4. The van der Waals surface area contributed by atoms with Crippen molar-refractivity contribution in [3.05, 3.63) is 30.3 Å². The monoisotopic (exact) mass is 305 g/mol. The van der Waals surface area contributed by atoms with Crippen molar-refractivity contribution in [2.45, 2.75) is 24.2 Å². The first kappa shape index (κ1) is 14.3. The summed E-state index contributed by atoms with van der Waals surface area (Å²) in [4.78, 5) is 4.49. The topological polar surface area (TPSA) is 76.3 Å². The van der Waals surface area contributed by atoms with Gasteiger partial charge in [-0.3, -0.25) is 0 Å². The van der Waals surface area contributed by atoms with Gasteiger partial charge in [-0.1, -0.05) is 6.42 Å². The van der Waals surface area contributed by atoms with Crippen LogP contribution in [0.5, 0.6) is 0 Å². The standard InChI is InChI=1S/C15H19N3O2S/c1-18(10-11-3-2-4-11)21(19,20)13-6-7-14-12(9-13)5-8-15(16)17-14/h5-9,11H,2-4,10H2,1H3,(H2,16,17). The fourth-order valence-electron chi connectivity index (χ4n) is 2.60. The van der Waals surface area contributed by atoms with Crippen molar-refractivity contribution in [2.75, 3.05) is 19.3 Å². The number of anilines is 1. The van der Waals surface area contributed by atoms with Gasteiger partial charge < -0.3 is 5.73 Å². The van der Waals surface area contributed by atoms with E-state index in [2.05, 4.69) is 4.98 Å². The van der Waals surface area contributed by atoms with Crippen LogP contribution in [0.25, 0.3) is 10.9 Å². The van der Waals surface area contributed by atoms with Gasteiger partial charge in [0, 0.05) is 19.0 Å². The summed E-state index contributed by atoms with van der Waals surface area (Å²) < 4.78 is 26.7. The van der Waals surface area contributed by atoms with Gasteiger partial charge in [0.25, 0.3) is 0 Å². The molecule has 2 N–H and O–H groups in total. The van der Waals surface area contributed by atoms with Crippen molar-refractivity contribution in [3.8, 4) is 0 Å². The molecular weight excluding hydrogens is 286 g/mol. The Bertz CT molecular complexity index is 770. The van der Waals surface area contributed by atoms with Crippen LogP contribution in [-0.4, -0.2) is 31.3 Å². The molecule has 0 radical (unpaired) electrons. The third kappa shape index (κ3) is 2.73. The van der Waals surface area contributed by atoms with Gasteiger partial charge in [-0.15, -0.1) is 0 Å². The predicted octanol–water partition coefficient (Wildman–Crippen LogP) is 2.24. The molecule has 0 bridgehead atoms. The predicted molar refractivity (Wildman–Crippen MR) is 83.3 cm³/mol. The van der Waals surface area contributed by atoms with E-state index in [9.17, 15) is 8.42 Å². The normalized spacial score (nSPS) is 16.3. The molecule has 1 aromatic heterocycles. The van der Waals surface area contributed by atoms with Crippen molar-refractivity contribution < 1.29 is 8.42 Å². The zero-order valence-electron chi connectivity index (χ0n) is 12.0. The maximum atomic E-state index is 12.6. The van der Waals surface area contributed by atoms with Gasteiger partial charge in [0.2, 0.25) is 10.0 Å². The van der Waals surface area contributed by atoms with E-state index in [1.165, 1.54) is 10.7 Å². The quantitative estimate of drug-likeness (QED) is 0.940. The molecule has 0 aliphatic heterocycles. The molecule has 6 heteroatoms. The van der Waals surface area contributed by atoms with E-state index in [1.54, 1.807) is 37.4 Å². The minimum Gasteiger partial charge on any atom is -0.384 e. The zero-order chi connectivity index (χ0) is 15.0. The SMILES string of the molecule is CN(CC1CCC1)S(=O)(=O)c1ccc2nc(N)ccc2c1. The van der Waals surface area contributed by atoms with E-state index in [0.29, 0.717) is 28.7 Å². The number of aromatic nitrogens is 1. The van der Waals surface area contributed by atoms with Crippen LogP contribution in [0.3, 0.4) is 0 Å². The van der Waals surface area contributed by atoms with Crippen molar-refractivity contribution in [1.29, 1.82) is 0 Å². The summed E-state index contributed by atoms with van der Waals surface area (Å²) in [6.07, 6.45) is 3.46. The summed E-state index contributed by atoms with van der Waals surface area (Å²) in [5.74, 6) is 0.937. The zero-order valence-corrected chi connectivity index (χ0v) is 12.8. The summed E-state index contributed by atoms with van der Waals surface area (Å²) in [5.41, 5.74) is 6.34. The Labute approximate surface area is 124 Å². The first-order valence-corrected chi connectivity index (χ1v) is 8.53. The molecule has 0 saturated heterocycles. The van der Waals surface area contributed by atoms with Gasteiger partial charge in [0.1, 0.15) is 5.82 Å². The Morgan fingerprint density at radius 2 is 2.05 bits per heavy atom. The van der Waals surface area contributed by atoms with E-state index < -0.39 is 10.0 Å². The van der Waals surface area contributed by atoms with Crippen LogP contribution in [-0.2, 0) is 10.0 Å². The molecule has 2 aromatic rings. The molecule has 1 aliphatic rings. The first-order valence-electron chi connectivity index (χ1n) is 7.09. The lowest BCUT2D eigenvalue weighted by molar-refractivity contribution is 0.263. The number of pyridine rings is 1. The highest BCUT2D eigenvalue weighted by Gasteiger charge is 2.26. The largest absolute Gasteiger partial charge is 0.384 e. The highest BCUT2D eigenvalue weighted by molar-refractivity contribution is 7.89. The van der Waals surface area contributed by atoms with Crippen LogP contribution in [0.15, 0.2) is 35.2 Å². The highest BCUT2D eigenvalue weighted by Crippen LogP contribution is 2.29. The van der Waals surface area contributed by atoms with E-state index in [4.69, 9.17) is 5.73 Å². The molecule has 0 atom stereocenters. The van der Waals surface area contributed by atoms with Crippen molar-refractivity contribution >= 4 is 26.7 Å². The Morgan fingerprint density at radius 3 is 2.71 bits per heavy atom. The number of nitrogens with zero attached hydrogens (tertiary/aromatic N) is 2. The Morgan fingerprint density at radius 1 is 1.29 bits per heavy atom. The number of benzene rings is 1. The molecule has 1 aliphatic carbocycles. The summed E-state index contributed by atoms with van der Waals surface area (Å²) in [7, 11) is -1.79. The molecule has 0 spiro atoms. The summed E-state index contributed by atoms with van der Waals surface area (Å²) in [6, 6.07) is 8.44. The molecule has 21 heavy (non-hydrogen) atoms. The van der Waals surface area contributed by atoms with E-state index in [-0.39, 0.29) is 0 Å². The molecule has 112 valence electrons. The minimum absolute atomic E-state index is 0.309. The van der Waals surface area contributed by atoms with Crippen LogP contribution < -0.4 is 5.73 Å². The van der Waals surface area contributed by atoms with Gasteiger partial charge in [-0.05, 0) is 49.1 Å². The van der Waals surface area contributed by atoms with E-state index in [1.807, 2.05) is 0 Å². The van der Waals surface area contributed by atoms with Crippen LogP contribution in [0.2, 0.25) is 0 Å². The first-order chi connectivity index (χ1) is 9.96. The lowest BCUT2D eigenvalue weighted by atomic mass is 9.86.